The van der Waals surface area contributed by atoms with Crippen molar-refractivity contribution in [3.63, 3.8) is 0 Å². The van der Waals surface area contributed by atoms with Gasteiger partial charge in [0.15, 0.2) is 0 Å². The predicted molar refractivity (Wildman–Crippen MR) is 59.1 cm³/mol. The molecule has 98 valence electrons. The summed E-state index contributed by atoms with van der Waals surface area (Å²) < 4.78 is 37.2. The van der Waals surface area contributed by atoms with Gasteiger partial charge in [-0.1, -0.05) is 6.07 Å². The lowest BCUT2D eigenvalue weighted by atomic mass is 10.2. The van der Waals surface area contributed by atoms with Crippen LogP contribution in [0, 0.1) is 0 Å². The first-order valence-corrected chi connectivity index (χ1v) is 5.00. The number of hydrogen-bond donors (Lipinski definition) is 2. The molecule has 0 saturated carbocycles. The zero-order chi connectivity index (χ0) is 13.8. The van der Waals surface area contributed by atoms with E-state index in [0.717, 1.165) is 12.1 Å². The molecule has 0 atom stereocenters. The highest BCUT2D eigenvalue weighted by Crippen LogP contribution is 2.30. The molecule has 0 heterocycles. The highest BCUT2D eigenvalue weighted by atomic mass is 19.4. The fourth-order valence-electron chi connectivity index (χ4n) is 1.15. The van der Waals surface area contributed by atoms with E-state index in [-0.39, 0.29) is 18.0 Å². The fraction of sp³-hybridized carbons (Fsp3) is 0.273. The van der Waals surface area contributed by atoms with E-state index in [0.29, 0.717) is 0 Å². The van der Waals surface area contributed by atoms with Gasteiger partial charge in [-0.25, -0.2) is 4.79 Å². The molecule has 2 N–H and O–H groups in total. The van der Waals surface area contributed by atoms with Gasteiger partial charge in [-0.15, -0.1) is 0 Å². The lowest BCUT2D eigenvalue weighted by molar-refractivity contribution is -0.137. The van der Waals surface area contributed by atoms with E-state index >= 15 is 0 Å². The molecule has 0 aliphatic rings. The summed E-state index contributed by atoms with van der Waals surface area (Å²) in [4.78, 5) is 21.8. The Morgan fingerprint density at radius 3 is 2.50 bits per heavy atom. The summed E-state index contributed by atoms with van der Waals surface area (Å²) in [5.41, 5.74) is -0.849. The Morgan fingerprint density at radius 2 is 1.94 bits per heavy atom. The van der Waals surface area contributed by atoms with Gasteiger partial charge in [-0.05, 0) is 25.1 Å². The number of anilines is 1. The number of carbonyl (C=O) groups excluding carboxylic acids is 2. The van der Waals surface area contributed by atoms with Crippen LogP contribution in [0.3, 0.4) is 0 Å². The lowest BCUT2D eigenvalue weighted by Gasteiger charge is -2.10. The van der Waals surface area contributed by atoms with Gasteiger partial charge in [-0.2, -0.15) is 13.2 Å². The number of ketones is 1. The van der Waals surface area contributed by atoms with Crippen molar-refractivity contribution < 1.29 is 22.8 Å². The van der Waals surface area contributed by atoms with Crippen LogP contribution in [0.15, 0.2) is 24.3 Å². The highest BCUT2D eigenvalue weighted by molar-refractivity contribution is 5.92. The molecule has 1 aromatic carbocycles. The number of amides is 2. The number of halogens is 3. The molecule has 18 heavy (non-hydrogen) atoms. The van der Waals surface area contributed by atoms with Crippen LogP contribution in [-0.4, -0.2) is 18.4 Å². The van der Waals surface area contributed by atoms with Gasteiger partial charge < -0.3 is 10.6 Å². The molecular weight excluding hydrogens is 249 g/mol. The molecule has 1 aromatic rings. The Hall–Kier alpha value is -2.05. The average molecular weight is 260 g/mol. The molecule has 0 aliphatic carbocycles. The maximum Gasteiger partial charge on any atom is 0.416 e. The quantitative estimate of drug-likeness (QED) is 0.876. The Balaban J connectivity index is 2.68. The first kappa shape index (κ1) is 14.0. The minimum Gasteiger partial charge on any atom is -0.331 e. The van der Waals surface area contributed by atoms with E-state index in [4.69, 9.17) is 0 Å². The van der Waals surface area contributed by atoms with Gasteiger partial charge in [0.25, 0.3) is 0 Å². The molecule has 0 fully saturated rings. The van der Waals surface area contributed by atoms with Crippen molar-refractivity contribution in [1.82, 2.24) is 5.32 Å². The molecule has 4 nitrogen and oxygen atoms in total. The van der Waals surface area contributed by atoms with E-state index in [1.807, 2.05) is 0 Å². The molecular formula is C11H11F3N2O2. The number of carbonyl (C=O) groups is 2. The van der Waals surface area contributed by atoms with Crippen molar-refractivity contribution in [2.45, 2.75) is 13.1 Å². The number of rotatable bonds is 3. The second-order valence-corrected chi connectivity index (χ2v) is 3.59. The van der Waals surface area contributed by atoms with E-state index in [1.54, 1.807) is 0 Å². The molecule has 0 aromatic heterocycles. The summed E-state index contributed by atoms with van der Waals surface area (Å²) in [5, 5.41) is 4.42. The molecule has 0 saturated heterocycles. The van der Waals surface area contributed by atoms with Crippen LogP contribution >= 0.6 is 0 Å². The standard InChI is InChI=1S/C11H11F3N2O2/c1-7(17)6-15-10(18)16-9-4-2-3-8(5-9)11(12,13)14/h2-5H,6H2,1H3,(H2,15,16,18). The maximum absolute atomic E-state index is 12.4. The topological polar surface area (TPSA) is 58.2 Å². The zero-order valence-electron chi connectivity index (χ0n) is 9.47. The molecule has 0 unspecified atom stereocenters. The minimum absolute atomic E-state index is 0.00544. The largest absolute Gasteiger partial charge is 0.416 e. The average Bonchev–Trinajstić information content (AvgIpc) is 2.25. The number of urea groups is 1. The third-order valence-corrected chi connectivity index (χ3v) is 1.95. The molecule has 0 bridgehead atoms. The van der Waals surface area contributed by atoms with Crippen molar-refractivity contribution in [1.29, 1.82) is 0 Å². The zero-order valence-corrected chi connectivity index (χ0v) is 9.47. The van der Waals surface area contributed by atoms with Crippen LogP contribution in [-0.2, 0) is 11.0 Å². The van der Waals surface area contributed by atoms with Gasteiger partial charge in [0.2, 0.25) is 0 Å². The Labute approximate surface area is 101 Å². The van der Waals surface area contributed by atoms with Crippen molar-refractivity contribution >= 4 is 17.5 Å². The smallest absolute Gasteiger partial charge is 0.331 e. The van der Waals surface area contributed by atoms with Gasteiger partial charge >= 0.3 is 12.2 Å². The minimum atomic E-state index is -4.46. The van der Waals surface area contributed by atoms with Crippen LogP contribution in [0.1, 0.15) is 12.5 Å². The van der Waals surface area contributed by atoms with Crippen molar-refractivity contribution in [3.05, 3.63) is 29.8 Å². The third kappa shape index (κ3) is 4.44. The van der Waals surface area contributed by atoms with Gasteiger partial charge in [-0.3, -0.25) is 4.79 Å². The monoisotopic (exact) mass is 260 g/mol. The number of alkyl halides is 3. The van der Waals surface area contributed by atoms with E-state index in [1.165, 1.54) is 19.1 Å². The summed E-state index contributed by atoms with van der Waals surface area (Å²) in [5.74, 6) is -0.255. The molecule has 7 heteroatoms. The maximum atomic E-state index is 12.4. The first-order chi connectivity index (χ1) is 8.29. The molecule has 0 aliphatic heterocycles. The normalized spacial score (nSPS) is 10.9. The second kappa shape index (κ2) is 5.52. The number of benzene rings is 1. The molecule has 2 amide bonds. The highest BCUT2D eigenvalue weighted by Gasteiger charge is 2.30. The second-order valence-electron chi connectivity index (χ2n) is 3.59. The van der Waals surface area contributed by atoms with E-state index in [2.05, 4.69) is 10.6 Å². The van der Waals surface area contributed by atoms with Crippen LogP contribution in [0.5, 0.6) is 0 Å². The van der Waals surface area contributed by atoms with Crippen molar-refractivity contribution in [2.75, 3.05) is 11.9 Å². The van der Waals surface area contributed by atoms with Crippen LogP contribution in [0.4, 0.5) is 23.7 Å². The molecule has 1 rings (SSSR count). The lowest BCUT2D eigenvalue weighted by Crippen LogP contribution is -2.32. The molecule has 0 radical (unpaired) electrons. The van der Waals surface area contributed by atoms with Crippen LogP contribution < -0.4 is 10.6 Å². The Kier molecular flexibility index (Phi) is 4.30. The Bertz CT molecular complexity index is 458. The van der Waals surface area contributed by atoms with Crippen molar-refractivity contribution in [3.8, 4) is 0 Å². The van der Waals surface area contributed by atoms with E-state index < -0.39 is 17.8 Å². The summed E-state index contributed by atoms with van der Waals surface area (Å²) in [6.45, 7) is 1.11. The van der Waals surface area contributed by atoms with Crippen molar-refractivity contribution in [2.24, 2.45) is 0 Å². The van der Waals surface area contributed by atoms with Crippen LogP contribution in [0.25, 0.3) is 0 Å². The summed E-state index contributed by atoms with van der Waals surface area (Å²) >= 11 is 0. The first-order valence-electron chi connectivity index (χ1n) is 5.00. The number of Topliss-reactive ketones (excluding diaryl/α,β-unsaturated/α-hetero) is 1. The van der Waals surface area contributed by atoms with E-state index in [9.17, 15) is 22.8 Å². The SMILES string of the molecule is CC(=O)CNC(=O)Nc1cccc(C(F)(F)F)c1. The number of nitrogens with one attached hydrogen (secondary N) is 2. The predicted octanol–water partition coefficient (Wildman–Crippen LogP) is 2.42. The number of hydrogen-bond acceptors (Lipinski definition) is 2. The molecule has 0 spiro atoms. The third-order valence-electron chi connectivity index (χ3n) is 1.95. The van der Waals surface area contributed by atoms with Gasteiger partial charge in [0, 0.05) is 5.69 Å². The van der Waals surface area contributed by atoms with Gasteiger partial charge in [0.1, 0.15) is 5.78 Å². The Morgan fingerprint density at radius 1 is 1.28 bits per heavy atom. The summed E-state index contributed by atoms with van der Waals surface area (Å²) in [7, 11) is 0. The summed E-state index contributed by atoms with van der Waals surface area (Å²) in [6, 6.07) is 3.49. The van der Waals surface area contributed by atoms with Gasteiger partial charge in [0.05, 0.1) is 12.1 Å². The fourth-order valence-corrected chi connectivity index (χ4v) is 1.15. The summed E-state index contributed by atoms with van der Waals surface area (Å²) in [6.07, 6.45) is -4.46. The van der Waals surface area contributed by atoms with Crippen LogP contribution in [0.2, 0.25) is 0 Å².